The number of methoxy groups -OCH3 is 1. The molecule has 4 heteroatoms. The van der Waals surface area contributed by atoms with E-state index < -0.39 is 0 Å². The Morgan fingerprint density at radius 2 is 1.85 bits per heavy atom. The van der Waals surface area contributed by atoms with Gasteiger partial charge in [-0.05, 0) is 32.3 Å². The zero-order valence-corrected chi connectivity index (χ0v) is 12.3. The van der Waals surface area contributed by atoms with Gasteiger partial charge in [-0.2, -0.15) is 0 Å². The highest BCUT2D eigenvalue weighted by Gasteiger charge is 2.08. The van der Waals surface area contributed by atoms with Gasteiger partial charge in [-0.1, -0.05) is 18.2 Å². The van der Waals surface area contributed by atoms with Crippen LogP contribution in [0.1, 0.15) is 17.1 Å². The molecule has 1 aromatic heterocycles. The molecule has 0 amide bonds. The molecule has 1 aromatic carbocycles. The minimum absolute atomic E-state index is 0.760. The summed E-state index contributed by atoms with van der Waals surface area (Å²) in [6.45, 7) is 2.37. The van der Waals surface area contributed by atoms with Crippen LogP contribution in [0, 0.1) is 0 Å². The van der Waals surface area contributed by atoms with E-state index >= 15 is 0 Å². The highest BCUT2D eigenvalue weighted by Crippen LogP contribution is 2.20. The Labute approximate surface area is 120 Å². The van der Waals surface area contributed by atoms with E-state index in [9.17, 15) is 0 Å². The molecule has 0 bridgehead atoms. The quantitative estimate of drug-likeness (QED) is 0.842. The number of furan rings is 1. The SMILES string of the molecule is CNCc1ccc(CN(C)Cc2ccccc2OC)o1. The molecule has 0 spiro atoms. The normalized spacial score (nSPS) is 11.0. The maximum atomic E-state index is 5.75. The van der Waals surface area contributed by atoms with Gasteiger partial charge in [0.2, 0.25) is 0 Å². The Morgan fingerprint density at radius 1 is 1.10 bits per heavy atom. The van der Waals surface area contributed by atoms with Gasteiger partial charge in [-0.15, -0.1) is 0 Å². The molecule has 0 atom stereocenters. The number of nitrogens with zero attached hydrogens (tertiary/aromatic N) is 1. The number of hydrogen-bond donors (Lipinski definition) is 1. The second kappa shape index (κ2) is 7.12. The van der Waals surface area contributed by atoms with E-state index in [0.717, 1.165) is 36.9 Å². The van der Waals surface area contributed by atoms with Crippen molar-refractivity contribution in [2.45, 2.75) is 19.6 Å². The Bertz CT molecular complexity index is 537. The van der Waals surface area contributed by atoms with Gasteiger partial charge in [0, 0.05) is 12.1 Å². The van der Waals surface area contributed by atoms with Crippen molar-refractivity contribution in [1.82, 2.24) is 10.2 Å². The van der Waals surface area contributed by atoms with Crippen LogP contribution in [0.3, 0.4) is 0 Å². The fraction of sp³-hybridized carbons (Fsp3) is 0.375. The molecule has 0 radical (unpaired) electrons. The topological polar surface area (TPSA) is 37.6 Å². The lowest BCUT2D eigenvalue weighted by molar-refractivity contribution is 0.278. The first kappa shape index (κ1) is 14.6. The van der Waals surface area contributed by atoms with Gasteiger partial charge in [0.1, 0.15) is 17.3 Å². The Hall–Kier alpha value is -1.78. The third-order valence-corrected chi connectivity index (χ3v) is 3.13. The van der Waals surface area contributed by atoms with Gasteiger partial charge in [-0.3, -0.25) is 4.90 Å². The standard InChI is InChI=1S/C16H22N2O2/c1-17-10-14-8-9-15(20-14)12-18(2)11-13-6-4-5-7-16(13)19-3/h4-9,17H,10-12H2,1-3H3. The van der Waals surface area contributed by atoms with Crippen LogP contribution in [-0.2, 0) is 19.6 Å². The van der Waals surface area contributed by atoms with Gasteiger partial charge in [-0.25, -0.2) is 0 Å². The molecule has 0 aliphatic carbocycles. The van der Waals surface area contributed by atoms with Crippen molar-refractivity contribution >= 4 is 0 Å². The van der Waals surface area contributed by atoms with Crippen molar-refractivity contribution in [3.05, 3.63) is 53.5 Å². The lowest BCUT2D eigenvalue weighted by Gasteiger charge is -2.17. The van der Waals surface area contributed by atoms with E-state index in [1.54, 1.807) is 7.11 Å². The zero-order chi connectivity index (χ0) is 14.4. The predicted molar refractivity (Wildman–Crippen MR) is 79.6 cm³/mol. The Balaban J connectivity index is 1.95. The second-order valence-corrected chi connectivity index (χ2v) is 4.88. The second-order valence-electron chi connectivity index (χ2n) is 4.88. The fourth-order valence-corrected chi connectivity index (χ4v) is 2.22. The number of rotatable bonds is 7. The van der Waals surface area contributed by atoms with Gasteiger partial charge in [0.25, 0.3) is 0 Å². The molecule has 0 aliphatic rings. The van der Waals surface area contributed by atoms with E-state index in [2.05, 4.69) is 23.3 Å². The molecule has 2 aromatic rings. The number of hydrogen-bond acceptors (Lipinski definition) is 4. The van der Waals surface area contributed by atoms with Crippen LogP contribution >= 0.6 is 0 Å². The van der Waals surface area contributed by atoms with Crippen molar-refractivity contribution in [3.8, 4) is 5.75 Å². The molecule has 1 heterocycles. The molecule has 0 saturated heterocycles. The zero-order valence-electron chi connectivity index (χ0n) is 12.3. The van der Waals surface area contributed by atoms with Gasteiger partial charge >= 0.3 is 0 Å². The highest BCUT2D eigenvalue weighted by atomic mass is 16.5. The average Bonchev–Trinajstić information content (AvgIpc) is 2.87. The lowest BCUT2D eigenvalue weighted by Crippen LogP contribution is -2.17. The van der Waals surface area contributed by atoms with Crippen LogP contribution in [0.5, 0.6) is 5.75 Å². The summed E-state index contributed by atoms with van der Waals surface area (Å²) >= 11 is 0. The van der Waals surface area contributed by atoms with Crippen molar-refractivity contribution in [2.75, 3.05) is 21.2 Å². The largest absolute Gasteiger partial charge is 0.496 e. The van der Waals surface area contributed by atoms with E-state index in [-0.39, 0.29) is 0 Å². The Kier molecular flexibility index (Phi) is 5.21. The monoisotopic (exact) mass is 274 g/mol. The summed E-state index contributed by atoms with van der Waals surface area (Å²) in [6, 6.07) is 12.1. The first-order valence-corrected chi connectivity index (χ1v) is 6.75. The summed E-state index contributed by atoms with van der Waals surface area (Å²) in [4.78, 5) is 2.21. The molecule has 0 unspecified atom stereocenters. The number of para-hydroxylation sites is 1. The summed E-state index contributed by atoms with van der Waals surface area (Å²) in [5.74, 6) is 2.87. The third kappa shape index (κ3) is 3.85. The van der Waals surface area contributed by atoms with Gasteiger partial charge < -0.3 is 14.5 Å². The molecule has 0 fully saturated rings. The van der Waals surface area contributed by atoms with Gasteiger partial charge in [0.15, 0.2) is 0 Å². The van der Waals surface area contributed by atoms with E-state index in [1.807, 2.05) is 37.4 Å². The average molecular weight is 274 g/mol. The van der Waals surface area contributed by atoms with Crippen LogP contribution < -0.4 is 10.1 Å². The van der Waals surface area contributed by atoms with Crippen LogP contribution in [0.25, 0.3) is 0 Å². The molecular weight excluding hydrogens is 252 g/mol. The van der Waals surface area contributed by atoms with E-state index in [1.165, 1.54) is 5.56 Å². The summed E-state index contributed by atoms with van der Waals surface area (Å²) in [7, 11) is 5.69. The molecular formula is C16H22N2O2. The van der Waals surface area contributed by atoms with Crippen molar-refractivity contribution < 1.29 is 9.15 Å². The van der Waals surface area contributed by atoms with Crippen LogP contribution in [-0.4, -0.2) is 26.1 Å². The van der Waals surface area contributed by atoms with Crippen LogP contribution in [0.15, 0.2) is 40.8 Å². The van der Waals surface area contributed by atoms with Gasteiger partial charge in [0.05, 0.1) is 20.2 Å². The molecule has 20 heavy (non-hydrogen) atoms. The molecule has 2 rings (SSSR count). The predicted octanol–water partition coefficient (Wildman–Crippen LogP) is 2.64. The minimum atomic E-state index is 0.760. The molecule has 0 saturated carbocycles. The maximum absolute atomic E-state index is 5.75. The van der Waals surface area contributed by atoms with E-state index in [0.29, 0.717) is 0 Å². The fourth-order valence-electron chi connectivity index (χ4n) is 2.22. The molecule has 0 aliphatic heterocycles. The Morgan fingerprint density at radius 3 is 2.60 bits per heavy atom. The van der Waals surface area contributed by atoms with Crippen LogP contribution in [0.2, 0.25) is 0 Å². The van der Waals surface area contributed by atoms with Crippen LogP contribution in [0.4, 0.5) is 0 Å². The first-order chi connectivity index (χ1) is 9.72. The first-order valence-electron chi connectivity index (χ1n) is 6.75. The maximum Gasteiger partial charge on any atom is 0.123 e. The molecule has 4 nitrogen and oxygen atoms in total. The summed E-state index contributed by atoms with van der Waals surface area (Å²) in [5, 5.41) is 3.08. The molecule has 108 valence electrons. The van der Waals surface area contributed by atoms with Crippen molar-refractivity contribution in [3.63, 3.8) is 0 Å². The molecule has 1 N–H and O–H groups in total. The van der Waals surface area contributed by atoms with E-state index in [4.69, 9.17) is 9.15 Å². The summed E-state index contributed by atoms with van der Waals surface area (Å²) in [5.41, 5.74) is 1.18. The smallest absolute Gasteiger partial charge is 0.123 e. The lowest BCUT2D eigenvalue weighted by atomic mass is 10.2. The third-order valence-electron chi connectivity index (χ3n) is 3.13. The summed E-state index contributed by atoms with van der Waals surface area (Å²) < 4.78 is 11.1. The number of ether oxygens (including phenoxy) is 1. The highest BCUT2D eigenvalue weighted by molar-refractivity contribution is 5.33. The minimum Gasteiger partial charge on any atom is -0.496 e. The number of nitrogens with one attached hydrogen (secondary N) is 1. The van der Waals surface area contributed by atoms with Crippen molar-refractivity contribution in [2.24, 2.45) is 0 Å². The van der Waals surface area contributed by atoms with Crippen molar-refractivity contribution in [1.29, 1.82) is 0 Å². The number of benzene rings is 1. The summed E-state index contributed by atoms with van der Waals surface area (Å²) in [6.07, 6.45) is 0.